The third-order valence-electron chi connectivity index (χ3n) is 4.07. The lowest BCUT2D eigenvalue weighted by Crippen LogP contribution is -2.27. The van der Waals surface area contributed by atoms with Gasteiger partial charge in [-0.25, -0.2) is 18.1 Å². The van der Waals surface area contributed by atoms with E-state index in [9.17, 15) is 13.2 Å². The number of nitrogens with one attached hydrogen (secondary N) is 2. The van der Waals surface area contributed by atoms with E-state index in [1.165, 1.54) is 0 Å². The molecule has 0 saturated heterocycles. The van der Waals surface area contributed by atoms with Crippen LogP contribution in [-0.2, 0) is 21.4 Å². The molecule has 3 aromatic rings. The van der Waals surface area contributed by atoms with Gasteiger partial charge in [-0.2, -0.15) is 0 Å². The lowest BCUT2D eigenvalue weighted by atomic mass is 9.96. The van der Waals surface area contributed by atoms with Gasteiger partial charge in [-0.05, 0) is 18.6 Å². The Morgan fingerprint density at radius 2 is 1.93 bits per heavy atom. The standard InChI is InChI=1S/C18H22N6O3S2/c1-12-19-9-10-24(12)14-8-6-5-7-13(14)11-20-29(26,27)17-23-22-16(28-17)21-15(25)18(2,3)4/h5-10,20H,11H2,1-4H3,(H,21,22,25). The molecular formula is C18H22N6O3S2. The minimum absolute atomic E-state index is 0.0688. The van der Waals surface area contributed by atoms with Gasteiger partial charge in [0.2, 0.25) is 15.4 Å². The molecule has 0 aliphatic heterocycles. The van der Waals surface area contributed by atoms with Crippen molar-refractivity contribution in [2.24, 2.45) is 5.41 Å². The van der Waals surface area contributed by atoms with E-state index >= 15 is 0 Å². The van der Waals surface area contributed by atoms with Gasteiger partial charge < -0.3 is 9.88 Å². The van der Waals surface area contributed by atoms with E-state index in [1.807, 2.05) is 42.0 Å². The molecule has 0 aliphatic rings. The normalized spacial score (nSPS) is 12.1. The molecule has 11 heteroatoms. The molecule has 0 aliphatic carbocycles. The van der Waals surface area contributed by atoms with Crippen LogP contribution in [0.2, 0.25) is 0 Å². The van der Waals surface area contributed by atoms with Crippen molar-refractivity contribution >= 4 is 32.4 Å². The molecule has 2 heterocycles. The van der Waals surface area contributed by atoms with Crippen molar-refractivity contribution in [2.75, 3.05) is 5.32 Å². The average molecular weight is 435 g/mol. The minimum atomic E-state index is -3.89. The van der Waals surface area contributed by atoms with E-state index in [-0.39, 0.29) is 21.9 Å². The molecule has 0 fully saturated rings. The maximum absolute atomic E-state index is 12.6. The van der Waals surface area contributed by atoms with Crippen molar-refractivity contribution in [1.82, 2.24) is 24.5 Å². The van der Waals surface area contributed by atoms with Crippen LogP contribution in [0.4, 0.5) is 5.13 Å². The molecule has 0 bridgehead atoms. The second-order valence-corrected chi connectivity index (χ2v) is 10.3. The van der Waals surface area contributed by atoms with Crippen LogP contribution in [0.3, 0.4) is 0 Å². The van der Waals surface area contributed by atoms with E-state index < -0.39 is 15.4 Å². The van der Waals surface area contributed by atoms with Crippen molar-refractivity contribution in [1.29, 1.82) is 0 Å². The van der Waals surface area contributed by atoms with Gasteiger partial charge in [-0.1, -0.05) is 50.3 Å². The van der Waals surface area contributed by atoms with Gasteiger partial charge in [0.25, 0.3) is 10.0 Å². The summed E-state index contributed by atoms with van der Waals surface area (Å²) in [5.41, 5.74) is 0.988. The van der Waals surface area contributed by atoms with E-state index in [0.29, 0.717) is 0 Å². The van der Waals surface area contributed by atoms with Gasteiger partial charge >= 0.3 is 0 Å². The van der Waals surface area contributed by atoms with Crippen LogP contribution in [0.15, 0.2) is 41.0 Å². The summed E-state index contributed by atoms with van der Waals surface area (Å²) in [6, 6.07) is 7.45. The number of aromatic nitrogens is 4. The number of para-hydroxylation sites is 1. The fourth-order valence-corrected chi connectivity index (χ4v) is 4.36. The lowest BCUT2D eigenvalue weighted by molar-refractivity contribution is -0.123. The monoisotopic (exact) mass is 434 g/mol. The van der Waals surface area contributed by atoms with E-state index in [2.05, 4.69) is 25.2 Å². The number of rotatable bonds is 6. The van der Waals surface area contributed by atoms with Crippen LogP contribution in [0.25, 0.3) is 5.69 Å². The van der Waals surface area contributed by atoms with Gasteiger partial charge in [-0.15, -0.1) is 10.2 Å². The van der Waals surface area contributed by atoms with E-state index in [1.54, 1.807) is 27.0 Å². The largest absolute Gasteiger partial charge is 0.304 e. The molecule has 0 atom stereocenters. The molecule has 3 rings (SSSR count). The van der Waals surface area contributed by atoms with Crippen LogP contribution in [-0.4, -0.2) is 34.1 Å². The maximum Gasteiger partial charge on any atom is 0.270 e. The van der Waals surface area contributed by atoms with Crippen molar-refractivity contribution < 1.29 is 13.2 Å². The lowest BCUT2D eigenvalue weighted by Gasteiger charge is -2.15. The summed E-state index contributed by atoms with van der Waals surface area (Å²) < 4.78 is 29.5. The number of anilines is 1. The Labute approximate surface area is 173 Å². The molecule has 154 valence electrons. The molecular weight excluding hydrogens is 412 g/mol. The van der Waals surface area contributed by atoms with Gasteiger partial charge in [0.15, 0.2) is 0 Å². The van der Waals surface area contributed by atoms with Crippen molar-refractivity contribution in [3.05, 3.63) is 48.0 Å². The number of nitrogens with zero attached hydrogens (tertiary/aromatic N) is 4. The maximum atomic E-state index is 12.6. The molecule has 0 spiro atoms. The molecule has 0 radical (unpaired) electrons. The Morgan fingerprint density at radius 1 is 1.21 bits per heavy atom. The number of sulfonamides is 1. The fourth-order valence-electron chi connectivity index (χ4n) is 2.42. The predicted octanol–water partition coefficient (Wildman–Crippen LogP) is 2.50. The predicted molar refractivity (Wildman–Crippen MR) is 110 cm³/mol. The van der Waals surface area contributed by atoms with Crippen LogP contribution < -0.4 is 10.0 Å². The third-order valence-corrected chi connectivity index (χ3v) is 6.67. The highest BCUT2D eigenvalue weighted by Crippen LogP contribution is 2.23. The summed E-state index contributed by atoms with van der Waals surface area (Å²) >= 11 is 0.804. The smallest absolute Gasteiger partial charge is 0.270 e. The Morgan fingerprint density at radius 3 is 2.59 bits per heavy atom. The Hall–Kier alpha value is -2.63. The van der Waals surface area contributed by atoms with Crippen LogP contribution in [0.5, 0.6) is 0 Å². The van der Waals surface area contributed by atoms with Gasteiger partial charge in [0.05, 0.1) is 5.69 Å². The highest BCUT2D eigenvalue weighted by Gasteiger charge is 2.25. The molecule has 29 heavy (non-hydrogen) atoms. The van der Waals surface area contributed by atoms with Crippen molar-refractivity contribution in [2.45, 2.75) is 38.6 Å². The van der Waals surface area contributed by atoms with Crippen molar-refractivity contribution in [3.8, 4) is 5.69 Å². The number of hydrogen-bond donors (Lipinski definition) is 2. The third kappa shape index (κ3) is 4.86. The molecule has 1 amide bonds. The molecule has 0 unspecified atom stereocenters. The zero-order valence-corrected chi connectivity index (χ0v) is 18.1. The van der Waals surface area contributed by atoms with E-state index in [4.69, 9.17) is 0 Å². The van der Waals surface area contributed by atoms with Crippen LogP contribution in [0, 0.1) is 12.3 Å². The summed E-state index contributed by atoms with van der Waals surface area (Å²) in [6.07, 6.45) is 3.50. The van der Waals surface area contributed by atoms with E-state index in [0.717, 1.165) is 28.4 Å². The second-order valence-electron chi connectivity index (χ2n) is 7.37. The Kier molecular flexibility index (Phi) is 5.82. The van der Waals surface area contributed by atoms with Gasteiger partial charge in [-0.3, -0.25) is 4.79 Å². The van der Waals surface area contributed by atoms with Gasteiger partial charge in [0.1, 0.15) is 5.82 Å². The second kappa shape index (κ2) is 8.01. The first kappa shape index (κ1) is 21.1. The van der Waals surface area contributed by atoms with Gasteiger partial charge in [0, 0.05) is 24.4 Å². The number of benzene rings is 1. The molecule has 1 aromatic carbocycles. The number of imidazole rings is 1. The first-order chi connectivity index (χ1) is 13.6. The number of aryl methyl sites for hydroxylation is 1. The number of carbonyl (C=O) groups excluding carboxylic acids is 1. The summed E-state index contributed by atoms with van der Waals surface area (Å²) in [5.74, 6) is 0.527. The van der Waals surface area contributed by atoms with Crippen LogP contribution in [0.1, 0.15) is 32.2 Å². The van der Waals surface area contributed by atoms with Crippen molar-refractivity contribution in [3.63, 3.8) is 0 Å². The molecule has 9 nitrogen and oxygen atoms in total. The SMILES string of the molecule is Cc1nccn1-c1ccccc1CNS(=O)(=O)c1nnc(NC(=O)C(C)(C)C)s1. The molecule has 2 N–H and O–H groups in total. The highest BCUT2D eigenvalue weighted by atomic mass is 32.2. The number of hydrogen-bond acceptors (Lipinski definition) is 7. The first-order valence-corrected chi connectivity index (χ1v) is 11.1. The number of amides is 1. The minimum Gasteiger partial charge on any atom is -0.304 e. The summed E-state index contributed by atoms with van der Waals surface area (Å²) in [6.45, 7) is 7.20. The zero-order chi connectivity index (χ0) is 21.2. The first-order valence-electron chi connectivity index (χ1n) is 8.81. The Balaban J connectivity index is 1.75. The molecule has 0 saturated carbocycles. The summed E-state index contributed by atoms with van der Waals surface area (Å²) in [7, 11) is -3.89. The Bertz CT molecular complexity index is 1130. The zero-order valence-electron chi connectivity index (χ0n) is 16.5. The summed E-state index contributed by atoms with van der Waals surface area (Å²) in [4.78, 5) is 16.2. The van der Waals surface area contributed by atoms with Crippen LogP contribution >= 0.6 is 11.3 Å². The number of carbonyl (C=O) groups is 1. The fraction of sp³-hybridized carbons (Fsp3) is 0.333. The average Bonchev–Trinajstić information content (AvgIpc) is 3.29. The quantitative estimate of drug-likeness (QED) is 0.576. The highest BCUT2D eigenvalue weighted by molar-refractivity contribution is 7.91. The molecule has 2 aromatic heterocycles. The topological polar surface area (TPSA) is 119 Å². The summed E-state index contributed by atoms with van der Waals surface area (Å²) in [5, 5.41) is 10.2.